The Labute approximate surface area is 214 Å². The first-order valence-electron chi connectivity index (χ1n) is 11.8. The van der Waals surface area contributed by atoms with Gasteiger partial charge in [0.1, 0.15) is 18.9 Å². The van der Waals surface area contributed by atoms with Gasteiger partial charge in [-0.3, -0.25) is 14.4 Å². The number of amides is 2. The molecule has 1 aliphatic heterocycles. The SMILES string of the molecule is O=C(O)CCc1ccccc1C[C@H]1COCO[C@H]1C(=O)NC(CO)C(=O)NCCc1ccc(Cl)cc1. The van der Waals surface area contributed by atoms with E-state index < -0.39 is 36.5 Å². The van der Waals surface area contributed by atoms with Crippen LogP contribution in [0.1, 0.15) is 23.1 Å². The van der Waals surface area contributed by atoms with E-state index in [0.29, 0.717) is 30.8 Å². The van der Waals surface area contributed by atoms with Crippen molar-refractivity contribution in [1.82, 2.24) is 10.6 Å². The van der Waals surface area contributed by atoms with Crippen molar-refractivity contribution in [2.75, 3.05) is 26.6 Å². The van der Waals surface area contributed by atoms with Crippen molar-refractivity contribution >= 4 is 29.4 Å². The maximum absolute atomic E-state index is 13.0. The quantitative estimate of drug-likeness (QED) is 0.336. The first-order valence-corrected chi connectivity index (χ1v) is 12.2. The third-order valence-electron chi connectivity index (χ3n) is 6.00. The van der Waals surface area contributed by atoms with Crippen molar-refractivity contribution in [2.45, 2.75) is 37.8 Å². The predicted molar refractivity (Wildman–Crippen MR) is 132 cm³/mol. The molecule has 1 unspecified atom stereocenters. The summed E-state index contributed by atoms with van der Waals surface area (Å²) in [4.78, 5) is 36.6. The monoisotopic (exact) mass is 518 g/mol. The van der Waals surface area contributed by atoms with Gasteiger partial charge in [0.05, 0.1) is 13.2 Å². The number of aliphatic hydroxyl groups is 1. The Bertz CT molecular complexity index is 1030. The van der Waals surface area contributed by atoms with Crippen molar-refractivity contribution in [3.05, 3.63) is 70.2 Å². The highest BCUT2D eigenvalue weighted by Gasteiger charge is 2.35. The normalized spacial score (nSPS) is 18.3. The van der Waals surface area contributed by atoms with Gasteiger partial charge in [-0.2, -0.15) is 0 Å². The highest BCUT2D eigenvalue weighted by Crippen LogP contribution is 2.23. The lowest BCUT2D eigenvalue weighted by Crippen LogP contribution is -2.55. The van der Waals surface area contributed by atoms with Crippen LogP contribution in [0.3, 0.4) is 0 Å². The smallest absolute Gasteiger partial charge is 0.303 e. The Kier molecular flexibility index (Phi) is 10.7. The number of hydrogen-bond donors (Lipinski definition) is 4. The van der Waals surface area contributed by atoms with Gasteiger partial charge in [0.25, 0.3) is 0 Å². The molecule has 1 fully saturated rings. The molecule has 0 radical (unpaired) electrons. The lowest BCUT2D eigenvalue weighted by atomic mass is 9.89. The zero-order chi connectivity index (χ0) is 25.9. The number of benzene rings is 2. The molecule has 1 saturated heterocycles. The van der Waals surface area contributed by atoms with Crippen LogP contribution in [0.5, 0.6) is 0 Å². The van der Waals surface area contributed by atoms with Crippen LogP contribution in [-0.4, -0.2) is 66.7 Å². The minimum Gasteiger partial charge on any atom is -0.481 e. The number of carboxylic acids is 1. The molecule has 0 aliphatic carbocycles. The minimum atomic E-state index is -1.13. The summed E-state index contributed by atoms with van der Waals surface area (Å²) in [5.74, 6) is -2.24. The first-order chi connectivity index (χ1) is 17.4. The third-order valence-corrected chi connectivity index (χ3v) is 6.25. The summed E-state index contributed by atoms with van der Waals surface area (Å²) in [6, 6.07) is 13.6. The second kappa shape index (κ2) is 13.9. The van der Waals surface area contributed by atoms with Crippen LogP contribution in [0.2, 0.25) is 5.02 Å². The number of nitrogens with one attached hydrogen (secondary N) is 2. The molecule has 0 saturated carbocycles. The number of carbonyl (C=O) groups excluding carboxylic acids is 2. The first kappa shape index (κ1) is 27.6. The molecule has 0 bridgehead atoms. The van der Waals surface area contributed by atoms with E-state index in [1.807, 2.05) is 36.4 Å². The molecule has 0 aromatic heterocycles. The van der Waals surface area contributed by atoms with Crippen LogP contribution in [0, 0.1) is 5.92 Å². The highest BCUT2D eigenvalue weighted by atomic mass is 35.5. The van der Waals surface area contributed by atoms with Crippen molar-refractivity contribution in [2.24, 2.45) is 5.92 Å². The molecule has 2 aromatic carbocycles. The number of aliphatic hydroxyl groups excluding tert-OH is 1. The van der Waals surface area contributed by atoms with Crippen LogP contribution in [0.25, 0.3) is 0 Å². The Morgan fingerprint density at radius 1 is 1.06 bits per heavy atom. The highest BCUT2D eigenvalue weighted by molar-refractivity contribution is 6.30. The van der Waals surface area contributed by atoms with Crippen LogP contribution >= 0.6 is 11.6 Å². The maximum Gasteiger partial charge on any atom is 0.303 e. The molecule has 3 rings (SSSR count). The van der Waals surface area contributed by atoms with Gasteiger partial charge in [-0.05, 0) is 48.1 Å². The van der Waals surface area contributed by atoms with Crippen molar-refractivity contribution in [3.8, 4) is 0 Å². The van der Waals surface area contributed by atoms with Crippen molar-refractivity contribution in [1.29, 1.82) is 0 Å². The fourth-order valence-corrected chi connectivity index (χ4v) is 4.20. The Morgan fingerprint density at radius 2 is 1.78 bits per heavy atom. The molecule has 0 spiro atoms. The van der Waals surface area contributed by atoms with Crippen LogP contribution in [0.15, 0.2) is 48.5 Å². The second-order valence-electron chi connectivity index (χ2n) is 8.61. The Hall–Kier alpha value is -2.98. The average molecular weight is 519 g/mol. The average Bonchev–Trinajstić information content (AvgIpc) is 2.88. The number of ether oxygens (including phenoxy) is 2. The molecule has 2 aromatic rings. The molecular weight excluding hydrogens is 488 g/mol. The zero-order valence-corrected chi connectivity index (χ0v) is 20.6. The molecular formula is C26H31ClN2O7. The van der Waals surface area contributed by atoms with E-state index in [0.717, 1.165) is 16.7 Å². The number of rotatable bonds is 12. The fourth-order valence-electron chi connectivity index (χ4n) is 4.08. The number of aliphatic carboxylic acids is 1. The second-order valence-corrected chi connectivity index (χ2v) is 9.05. The summed E-state index contributed by atoms with van der Waals surface area (Å²) >= 11 is 5.88. The van der Waals surface area contributed by atoms with Gasteiger partial charge in [0.15, 0.2) is 0 Å². The molecule has 1 aliphatic rings. The Balaban J connectivity index is 1.57. The minimum absolute atomic E-state index is 0.00387. The van der Waals surface area contributed by atoms with Gasteiger partial charge in [-0.25, -0.2) is 0 Å². The Morgan fingerprint density at radius 3 is 2.47 bits per heavy atom. The van der Waals surface area contributed by atoms with Gasteiger partial charge in [0.2, 0.25) is 11.8 Å². The van der Waals surface area contributed by atoms with Gasteiger partial charge in [-0.15, -0.1) is 0 Å². The molecule has 9 nitrogen and oxygen atoms in total. The van der Waals surface area contributed by atoms with E-state index >= 15 is 0 Å². The van der Waals surface area contributed by atoms with E-state index in [4.69, 9.17) is 26.2 Å². The largest absolute Gasteiger partial charge is 0.481 e. The summed E-state index contributed by atoms with van der Waals surface area (Å²) in [5.41, 5.74) is 2.79. The third kappa shape index (κ3) is 8.30. The number of carboxylic acid groups (broad SMARTS) is 1. The van der Waals surface area contributed by atoms with Crippen molar-refractivity contribution < 1.29 is 34.1 Å². The van der Waals surface area contributed by atoms with E-state index in [9.17, 15) is 19.5 Å². The molecule has 10 heteroatoms. The lowest BCUT2D eigenvalue weighted by Gasteiger charge is -2.32. The molecule has 194 valence electrons. The van der Waals surface area contributed by atoms with E-state index in [-0.39, 0.29) is 25.7 Å². The van der Waals surface area contributed by atoms with Crippen LogP contribution < -0.4 is 10.6 Å². The van der Waals surface area contributed by atoms with Gasteiger partial charge in [0, 0.05) is 23.9 Å². The predicted octanol–water partition coefficient (Wildman–Crippen LogP) is 1.72. The molecule has 4 N–H and O–H groups in total. The number of hydrogen-bond acceptors (Lipinski definition) is 6. The number of halogens is 1. The van der Waals surface area contributed by atoms with Crippen molar-refractivity contribution in [3.63, 3.8) is 0 Å². The van der Waals surface area contributed by atoms with Gasteiger partial charge < -0.3 is 30.3 Å². The lowest BCUT2D eigenvalue weighted by molar-refractivity contribution is -0.182. The topological polar surface area (TPSA) is 134 Å². The molecule has 36 heavy (non-hydrogen) atoms. The maximum atomic E-state index is 13.0. The summed E-state index contributed by atoms with van der Waals surface area (Å²) in [5, 5.41) is 24.7. The van der Waals surface area contributed by atoms with Crippen LogP contribution in [-0.2, 0) is 43.1 Å². The summed E-state index contributed by atoms with van der Waals surface area (Å²) < 4.78 is 11.0. The van der Waals surface area contributed by atoms with E-state index in [2.05, 4.69) is 10.6 Å². The van der Waals surface area contributed by atoms with E-state index in [1.165, 1.54) is 0 Å². The summed E-state index contributed by atoms with van der Waals surface area (Å²) in [6.45, 7) is -0.0322. The van der Waals surface area contributed by atoms with E-state index in [1.54, 1.807) is 12.1 Å². The van der Waals surface area contributed by atoms with Crippen LogP contribution in [0.4, 0.5) is 0 Å². The number of carbonyl (C=O) groups is 3. The summed E-state index contributed by atoms with van der Waals surface area (Å²) in [7, 11) is 0. The zero-order valence-electron chi connectivity index (χ0n) is 19.8. The number of aryl methyl sites for hydroxylation is 1. The fraction of sp³-hybridized carbons (Fsp3) is 0.423. The summed E-state index contributed by atoms with van der Waals surface area (Å²) in [6.07, 6.45) is 0.498. The molecule has 1 heterocycles. The standard InChI is InChI=1S/C26H31ClN2O7/c27-21-8-5-17(6-9-21)11-12-28-25(33)22(14-30)29-26(34)24-20(15-35-16-36-24)13-19-4-2-1-3-18(19)7-10-23(31)32/h1-6,8-9,20,22,24,30H,7,10-16H2,(H,28,33)(H,29,34)(H,31,32)/t20-,22?,24+/m0/s1. The van der Waals surface area contributed by atoms with Gasteiger partial charge >= 0.3 is 5.97 Å². The molecule has 2 amide bonds. The van der Waals surface area contributed by atoms with Gasteiger partial charge in [-0.1, -0.05) is 48.0 Å². The molecule has 3 atom stereocenters.